The van der Waals surface area contributed by atoms with Crippen molar-refractivity contribution in [2.24, 2.45) is 0 Å². The third-order valence-electron chi connectivity index (χ3n) is 8.67. The molecule has 2 amide bonds. The van der Waals surface area contributed by atoms with Gasteiger partial charge in [0, 0.05) is 19.0 Å². The number of hydrogen-bond acceptors (Lipinski definition) is 5. The Hall–Kier alpha value is -4.63. The average Bonchev–Trinajstić information content (AvgIpc) is 3.59. The fraction of sp³-hybridized carbons (Fsp3) is 0.316. The highest BCUT2D eigenvalue weighted by atomic mass is 32.2. The Morgan fingerprint density at radius 1 is 0.830 bits per heavy atom. The number of sulfonamides is 1. The molecule has 1 atom stereocenters. The van der Waals surface area contributed by atoms with Gasteiger partial charge in [-0.1, -0.05) is 90.7 Å². The van der Waals surface area contributed by atoms with Crippen molar-refractivity contribution in [2.75, 3.05) is 18.0 Å². The van der Waals surface area contributed by atoms with Crippen LogP contribution in [0.15, 0.2) is 108 Å². The minimum absolute atomic E-state index is 0.0421. The van der Waals surface area contributed by atoms with Crippen LogP contribution >= 0.6 is 0 Å². The van der Waals surface area contributed by atoms with E-state index in [1.807, 2.05) is 80.6 Å². The molecular weight excluding hydrogens is 611 g/mol. The van der Waals surface area contributed by atoms with Crippen LogP contribution in [0.4, 0.5) is 5.69 Å². The van der Waals surface area contributed by atoms with Gasteiger partial charge >= 0.3 is 0 Å². The second kappa shape index (κ2) is 15.3. The van der Waals surface area contributed by atoms with Crippen LogP contribution in [-0.4, -0.2) is 50.9 Å². The third kappa shape index (κ3) is 8.60. The number of amides is 2. The van der Waals surface area contributed by atoms with Gasteiger partial charge in [-0.25, -0.2) is 8.42 Å². The lowest BCUT2D eigenvalue weighted by molar-refractivity contribution is -0.140. The molecule has 8 nitrogen and oxygen atoms in total. The molecule has 0 aliphatic heterocycles. The third-order valence-corrected chi connectivity index (χ3v) is 10.5. The molecule has 4 aromatic rings. The summed E-state index contributed by atoms with van der Waals surface area (Å²) < 4.78 is 35.0. The number of hydrogen-bond donors (Lipinski definition) is 1. The van der Waals surface area contributed by atoms with E-state index in [2.05, 4.69) is 5.32 Å². The molecule has 1 saturated carbocycles. The standard InChI is InChI=1S/C38H43N3O5S/c1-28-16-20-33(21-17-28)41(47(44,45)35-22-18-29(2)19-23-35)27-37(42)40(26-31-12-9-15-34(24-31)46-3)36(25-30-10-5-4-6-11-30)38(43)39-32-13-7-8-14-32/h4-6,9-12,15-24,32,36H,7-8,13-14,25-27H2,1-3H3,(H,39,43)/t36-/m1/s1. The van der Waals surface area contributed by atoms with E-state index in [0.29, 0.717) is 11.4 Å². The van der Waals surface area contributed by atoms with Gasteiger partial charge in [0.2, 0.25) is 11.8 Å². The molecule has 1 aliphatic carbocycles. The fourth-order valence-corrected chi connectivity index (χ4v) is 7.38. The molecule has 246 valence electrons. The maximum absolute atomic E-state index is 14.7. The Balaban J connectivity index is 1.57. The lowest BCUT2D eigenvalue weighted by Gasteiger charge is -2.34. The molecule has 0 aromatic heterocycles. The number of rotatable bonds is 13. The Morgan fingerprint density at radius 3 is 2.09 bits per heavy atom. The van der Waals surface area contributed by atoms with Crippen LogP contribution < -0.4 is 14.4 Å². The normalized spacial score (nSPS) is 13.9. The van der Waals surface area contributed by atoms with E-state index in [0.717, 1.165) is 52.2 Å². The summed E-state index contributed by atoms with van der Waals surface area (Å²) in [5.74, 6) is -0.125. The first-order valence-electron chi connectivity index (χ1n) is 16.1. The molecule has 0 bridgehead atoms. The quantitative estimate of drug-likeness (QED) is 0.185. The molecule has 0 heterocycles. The summed E-state index contributed by atoms with van der Waals surface area (Å²) >= 11 is 0. The van der Waals surface area contributed by atoms with Gasteiger partial charge in [-0.05, 0) is 74.2 Å². The summed E-state index contributed by atoms with van der Waals surface area (Å²) in [6.07, 6.45) is 4.14. The number of nitrogens with zero attached hydrogens (tertiary/aromatic N) is 2. The first-order valence-corrected chi connectivity index (χ1v) is 17.5. The van der Waals surface area contributed by atoms with E-state index in [1.54, 1.807) is 43.5 Å². The number of ether oxygens (including phenoxy) is 1. The summed E-state index contributed by atoms with van der Waals surface area (Å²) in [5.41, 5.74) is 3.89. The van der Waals surface area contributed by atoms with E-state index < -0.39 is 28.5 Å². The maximum atomic E-state index is 14.7. The smallest absolute Gasteiger partial charge is 0.264 e. The van der Waals surface area contributed by atoms with Gasteiger partial charge < -0.3 is 15.0 Å². The van der Waals surface area contributed by atoms with Crippen molar-refractivity contribution in [3.05, 3.63) is 125 Å². The van der Waals surface area contributed by atoms with Gasteiger partial charge in [0.25, 0.3) is 10.0 Å². The van der Waals surface area contributed by atoms with Gasteiger partial charge in [-0.2, -0.15) is 0 Å². The lowest BCUT2D eigenvalue weighted by atomic mass is 10.0. The highest BCUT2D eigenvalue weighted by molar-refractivity contribution is 7.92. The number of carbonyl (C=O) groups excluding carboxylic acids is 2. The first-order chi connectivity index (χ1) is 22.6. The fourth-order valence-electron chi connectivity index (χ4n) is 5.97. The van der Waals surface area contributed by atoms with E-state index in [9.17, 15) is 18.0 Å². The van der Waals surface area contributed by atoms with Crippen molar-refractivity contribution >= 4 is 27.5 Å². The molecule has 0 unspecified atom stereocenters. The van der Waals surface area contributed by atoms with Gasteiger partial charge in [0.05, 0.1) is 17.7 Å². The van der Waals surface area contributed by atoms with Gasteiger partial charge in [-0.3, -0.25) is 13.9 Å². The monoisotopic (exact) mass is 653 g/mol. The summed E-state index contributed by atoms with van der Waals surface area (Å²) in [6, 6.07) is 29.7. The van der Waals surface area contributed by atoms with Crippen LogP contribution in [-0.2, 0) is 32.6 Å². The SMILES string of the molecule is COc1cccc(CN(C(=O)CN(c2ccc(C)cc2)S(=O)(=O)c2ccc(C)cc2)[C@H](Cc2ccccc2)C(=O)NC2CCCC2)c1. The summed E-state index contributed by atoms with van der Waals surface area (Å²) in [5, 5.41) is 3.21. The van der Waals surface area contributed by atoms with Crippen LogP contribution in [0.3, 0.4) is 0 Å². The van der Waals surface area contributed by atoms with E-state index in [-0.39, 0.29) is 29.8 Å². The van der Waals surface area contributed by atoms with E-state index >= 15 is 0 Å². The molecule has 1 fully saturated rings. The number of benzene rings is 4. The number of anilines is 1. The molecule has 0 radical (unpaired) electrons. The molecule has 1 aliphatic rings. The zero-order valence-corrected chi connectivity index (χ0v) is 28.1. The first kappa shape index (κ1) is 33.7. The molecule has 0 spiro atoms. The second-order valence-corrected chi connectivity index (χ2v) is 14.1. The predicted molar refractivity (Wildman–Crippen MR) is 185 cm³/mol. The Kier molecular flexibility index (Phi) is 11.0. The van der Waals surface area contributed by atoms with Gasteiger partial charge in [0.1, 0.15) is 18.3 Å². The molecule has 0 saturated heterocycles. The van der Waals surface area contributed by atoms with Crippen LogP contribution in [0.25, 0.3) is 0 Å². The Bertz CT molecular complexity index is 1750. The lowest BCUT2D eigenvalue weighted by Crippen LogP contribution is -2.54. The number of aryl methyl sites for hydroxylation is 2. The van der Waals surface area contributed by atoms with Crippen molar-refractivity contribution in [1.82, 2.24) is 10.2 Å². The Labute approximate surface area is 278 Å². The van der Waals surface area contributed by atoms with Crippen molar-refractivity contribution in [1.29, 1.82) is 0 Å². The number of carbonyl (C=O) groups is 2. The maximum Gasteiger partial charge on any atom is 0.264 e. The zero-order valence-electron chi connectivity index (χ0n) is 27.3. The van der Waals surface area contributed by atoms with E-state index in [1.165, 1.54) is 4.90 Å². The number of nitrogens with one attached hydrogen (secondary N) is 1. The molecule has 9 heteroatoms. The Morgan fingerprint density at radius 2 is 1.45 bits per heavy atom. The summed E-state index contributed by atoms with van der Waals surface area (Å²) in [4.78, 5) is 30.4. The van der Waals surface area contributed by atoms with E-state index in [4.69, 9.17) is 4.74 Å². The highest BCUT2D eigenvalue weighted by Crippen LogP contribution is 2.27. The van der Waals surface area contributed by atoms with Crippen molar-refractivity contribution in [3.8, 4) is 5.75 Å². The van der Waals surface area contributed by atoms with Crippen LogP contribution in [0.5, 0.6) is 5.75 Å². The number of methoxy groups -OCH3 is 1. The second-order valence-electron chi connectivity index (χ2n) is 12.2. The molecular formula is C38H43N3O5S. The molecule has 47 heavy (non-hydrogen) atoms. The molecule has 5 rings (SSSR count). The van der Waals surface area contributed by atoms with Crippen LogP contribution in [0, 0.1) is 13.8 Å². The van der Waals surface area contributed by atoms with Crippen molar-refractivity contribution in [2.45, 2.75) is 69.5 Å². The van der Waals surface area contributed by atoms with Crippen LogP contribution in [0.1, 0.15) is 47.9 Å². The predicted octanol–water partition coefficient (Wildman–Crippen LogP) is 6.21. The minimum atomic E-state index is -4.15. The summed E-state index contributed by atoms with van der Waals surface area (Å²) in [6.45, 7) is 3.39. The van der Waals surface area contributed by atoms with Crippen molar-refractivity contribution < 1.29 is 22.7 Å². The van der Waals surface area contributed by atoms with Crippen molar-refractivity contribution in [3.63, 3.8) is 0 Å². The zero-order chi connectivity index (χ0) is 33.4. The topological polar surface area (TPSA) is 96.0 Å². The molecule has 4 aromatic carbocycles. The largest absolute Gasteiger partial charge is 0.497 e. The highest BCUT2D eigenvalue weighted by Gasteiger charge is 2.35. The van der Waals surface area contributed by atoms with Crippen LogP contribution in [0.2, 0.25) is 0 Å². The van der Waals surface area contributed by atoms with Gasteiger partial charge in [0.15, 0.2) is 0 Å². The average molecular weight is 654 g/mol. The molecule has 1 N–H and O–H groups in total. The minimum Gasteiger partial charge on any atom is -0.497 e. The summed E-state index contributed by atoms with van der Waals surface area (Å²) in [7, 11) is -2.58. The van der Waals surface area contributed by atoms with Gasteiger partial charge in [-0.15, -0.1) is 0 Å².